The van der Waals surface area contributed by atoms with Crippen molar-refractivity contribution in [3.63, 3.8) is 0 Å². The van der Waals surface area contributed by atoms with E-state index in [0.717, 1.165) is 0 Å². The first-order valence-electron chi connectivity index (χ1n) is 6.14. The summed E-state index contributed by atoms with van der Waals surface area (Å²) >= 11 is 1.67. The van der Waals surface area contributed by atoms with Crippen molar-refractivity contribution < 1.29 is 9.90 Å². The normalized spacial score (nSPS) is 12.6. The molecule has 4 heteroatoms. The number of rotatable bonds is 5. The van der Waals surface area contributed by atoms with Crippen molar-refractivity contribution in [2.45, 2.75) is 19.5 Å². The summed E-state index contributed by atoms with van der Waals surface area (Å²) in [5.74, 6) is -0.790. The average molecular weight is 275 g/mol. The number of nitrogens with zero attached hydrogens (tertiary/aromatic N) is 1. The standard InChI is InChI=1S/C15H17NO2S/c1-11(15(17)18)16(2)9-14-8-13(10-19-14)12-6-4-3-5-7-12/h3-8,10-11H,9H2,1-2H3,(H,17,18). The van der Waals surface area contributed by atoms with Gasteiger partial charge in [0.15, 0.2) is 0 Å². The number of likely N-dealkylation sites (N-methyl/N-ethyl adjacent to an activating group) is 1. The Morgan fingerprint density at radius 3 is 2.63 bits per heavy atom. The molecule has 2 aromatic rings. The monoisotopic (exact) mass is 275 g/mol. The second-order valence-electron chi connectivity index (χ2n) is 4.60. The first kappa shape index (κ1) is 13.8. The second kappa shape index (κ2) is 5.99. The zero-order valence-corrected chi connectivity index (χ0v) is 11.9. The second-order valence-corrected chi connectivity index (χ2v) is 5.59. The lowest BCUT2D eigenvalue weighted by atomic mass is 10.1. The van der Waals surface area contributed by atoms with Gasteiger partial charge in [-0.2, -0.15) is 0 Å². The van der Waals surface area contributed by atoms with Crippen LogP contribution in [0.5, 0.6) is 0 Å². The third kappa shape index (κ3) is 3.43. The largest absolute Gasteiger partial charge is 0.480 e. The Bertz CT molecular complexity index is 550. The van der Waals surface area contributed by atoms with Gasteiger partial charge in [-0.25, -0.2) is 0 Å². The van der Waals surface area contributed by atoms with Crippen molar-refractivity contribution >= 4 is 17.3 Å². The molecular weight excluding hydrogens is 258 g/mol. The van der Waals surface area contributed by atoms with Crippen LogP contribution in [0, 0.1) is 0 Å². The molecule has 0 spiro atoms. The van der Waals surface area contributed by atoms with Gasteiger partial charge in [0.1, 0.15) is 6.04 Å². The summed E-state index contributed by atoms with van der Waals surface area (Å²) in [5, 5.41) is 11.1. The minimum atomic E-state index is -0.790. The minimum absolute atomic E-state index is 0.470. The molecular formula is C15H17NO2S. The lowest BCUT2D eigenvalue weighted by Crippen LogP contribution is -2.34. The molecule has 0 aliphatic carbocycles. The lowest BCUT2D eigenvalue weighted by Gasteiger charge is -2.19. The van der Waals surface area contributed by atoms with Crippen LogP contribution in [-0.4, -0.2) is 29.1 Å². The van der Waals surface area contributed by atoms with Crippen LogP contribution in [0.3, 0.4) is 0 Å². The molecule has 3 nitrogen and oxygen atoms in total. The third-order valence-electron chi connectivity index (χ3n) is 3.18. The molecule has 1 aromatic carbocycles. The number of carboxylic acid groups (broad SMARTS) is 1. The number of hydrogen-bond donors (Lipinski definition) is 1. The summed E-state index contributed by atoms with van der Waals surface area (Å²) in [6, 6.07) is 11.9. The molecule has 0 aliphatic heterocycles. The van der Waals surface area contributed by atoms with Crippen molar-refractivity contribution in [1.82, 2.24) is 4.90 Å². The topological polar surface area (TPSA) is 40.5 Å². The minimum Gasteiger partial charge on any atom is -0.480 e. The maximum Gasteiger partial charge on any atom is 0.320 e. The van der Waals surface area contributed by atoms with E-state index >= 15 is 0 Å². The van der Waals surface area contributed by atoms with Gasteiger partial charge in [-0.15, -0.1) is 11.3 Å². The Morgan fingerprint density at radius 2 is 2.00 bits per heavy atom. The fourth-order valence-electron chi connectivity index (χ4n) is 1.82. The maximum absolute atomic E-state index is 10.9. The van der Waals surface area contributed by atoms with Gasteiger partial charge < -0.3 is 5.11 Å². The molecule has 1 atom stereocenters. The van der Waals surface area contributed by atoms with Gasteiger partial charge >= 0.3 is 5.97 Å². The molecule has 0 bridgehead atoms. The molecule has 1 heterocycles. The Morgan fingerprint density at radius 1 is 1.32 bits per heavy atom. The van der Waals surface area contributed by atoms with Gasteiger partial charge in [0, 0.05) is 11.4 Å². The first-order valence-corrected chi connectivity index (χ1v) is 7.02. The number of carboxylic acids is 1. The quantitative estimate of drug-likeness (QED) is 0.910. The fourth-order valence-corrected chi connectivity index (χ4v) is 2.77. The van der Waals surface area contributed by atoms with E-state index in [2.05, 4.69) is 23.6 Å². The van der Waals surface area contributed by atoms with E-state index in [-0.39, 0.29) is 0 Å². The highest BCUT2D eigenvalue weighted by molar-refractivity contribution is 7.10. The predicted octanol–water partition coefficient (Wildman–Crippen LogP) is 3.32. The van der Waals surface area contributed by atoms with E-state index in [9.17, 15) is 4.79 Å². The molecule has 100 valence electrons. The van der Waals surface area contributed by atoms with E-state index in [4.69, 9.17) is 5.11 Å². The van der Waals surface area contributed by atoms with Crippen molar-refractivity contribution in [3.05, 3.63) is 46.7 Å². The van der Waals surface area contributed by atoms with E-state index < -0.39 is 12.0 Å². The molecule has 0 saturated carbocycles. The van der Waals surface area contributed by atoms with Crippen molar-refractivity contribution in [1.29, 1.82) is 0 Å². The number of aliphatic carboxylic acids is 1. The Kier molecular flexibility index (Phi) is 4.35. The molecule has 0 saturated heterocycles. The number of carbonyl (C=O) groups is 1. The van der Waals surface area contributed by atoms with Gasteiger partial charge in [-0.3, -0.25) is 9.69 Å². The van der Waals surface area contributed by atoms with Crippen LogP contribution in [0.4, 0.5) is 0 Å². The summed E-state index contributed by atoms with van der Waals surface area (Å²) in [5.41, 5.74) is 2.39. The van der Waals surface area contributed by atoms with Gasteiger partial charge in [-0.1, -0.05) is 30.3 Å². The lowest BCUT2D eigenvalue weighted by molar-refractivity contribution is -0.142. The highest BCUT2D eigenvalue weighted by Crippen LogP contribution is 2.26. The van der Waals surface area contributed by atoms with Gasteiger partial charge in [-0.05, 0) is 36.5 Å². The molecule has 0 radical (unpaired) electrons. The van der Waals surface area contributed by atoms with Crippen LogP contribution < -0.4 is 0 Å². The van der Waals surface area contributed by atoms with Crippen LogP contribution in [0.1, 0.15) is 11.8 Å². The Labute approximate surface area is 117 Å². The van der Waals surface area contributed by atoms with Crippen molar-refractivity contribution in [2.24, 2.45) is 0 Å². The van der Waals surface area contributed by atoms with E-state index in [1.165, 1.54) is 16.0 Å². The highest BCUT2D eigenvalue weighted by Gasteiger charge is 2.17. The van der Waals surface area contributed by atoms with Gasteiger partial charge in [0.25, 0.3) is 0 Å². The predicted molar refractivity (Wildman–Crippen MR) is 78.3 cm³/mol. The molecule has 0 amide bonds. The van der Waals surface area contributed by atoms with Crippen molar-refractivity contribution in [3.8, 4) is 11.1 Å². The molecule has 0 aliphatic rings. The molecule has 1 unspecified atom stereocenters. The highest BCUT2D eigenvalue weighted by atomic mass is 32.1. The van der Waals surface area contributed by atoms with Crippen LogP contribution in [0.2, 0.25) is 0 Å². The van der Waals surface area contributed by atoms with Crippen molar-refractivity contribution in [2.75, 3.05) is 7.05 Å². The Hall–Kier alpha value is -1.65. The summed E-state index contributed by atoms with van der Waals surface area (Å²) in [7, 11) is 1.83. The van der Waals surface area contributed by atoms with Crippen LogP contribution in [-0.2, 0) is 11.3 Å². The molecule has 2 rings (SSSR count). The summed E-state index contributed by atoms with van der Waals surface area (Å²) in [4.78, 5) is 13.9. The zero-order chi connectivity index (χ0) is 13.8. The van der Waals surface area contributed by atoms with Gasteiger partial charge in [0.05, 0.1) is 0 Å². The fraction of sp³-hybridized carbons (Fsp3) is 0.267. The summed E-state index contributed by atoms with van der Waals surface area (Å²) in [6.07, 6.45) is 0. The first-order chi connectivity index (χ1) is 9.08. The zero-order valence-electron chi connectivity index (χ0n) is 11.0. The molecule has 0 fully saturated rings. The molecule has 19 heavy (non-hydrogen) atoms. The number of hydrogen-bond acceptors (Lipinski definition) is 3. The Balaban J connectivity index is 2.08. The SMILES string of the molecule is CC(C(=O)O)N(C)Cc1cc(-c2ccccc2)cs1. The van der Waals surface area contributed by atoms with Crippen LogP contribution in [0.15, 0.2) is 41.8 Å². The summed E-state index contributed by atoms with van der Waals surface area (Å²) < 4.78 is 0. The maximum atomic E-state index is 10.9. The van der Waals surface area contributed by atoms with Gasteiger partial charge in [0.2, 0.25) is 0 Å². The number of thiophene rings is 1. The van der Waals surface area contributed by atoms with Crippen LogP contribution >= 0.6 is 11.3 Å². The van der Waals surface area contributed by atoms with E-state index in [1.54, 1.807) is 18.3 Å². The average Bonchev–Trinajstić information content (AvgIpc) is 2.87. The summed E-state index contributed by atoms with van der Waals surface area (Å²) in [6.45, 7) is 2.36. The number of benzene rings is 1. The third-order valence-corrected chi connectivity index (χ3v) is 4.11. The van der Waals surface area contributed by atoms with Crippen LogP contribution in [0.25, 0.3) is 11.1 Å². The molecule has 1 aromatic heterocycles. The van der Waals surface area contributed by atoms with E-state index in [1.807, 2.05) is 30.1 Å². The molecule has 1 N–H and O–H groups in total. The van der Waals surface area contributed by atoms with E-state index in [0.29, 0.717) is 6.54 Å². The smallest absolute Gasteiger partial charge is 0.320 e.